The second-order valence-electron chi connectivity index (χ2n) is 6.52. The lowest BCUT2D eigenvalue weighted by Crippen LogP contribution is -2.20. The summed E-state index contributed by atoms with van der Waals surface area (Å²) in [5.74, 6) is 1.99. The fourth-order valence-electron chi connectivity index (χ4n) is 3.38. The maximum absolute atomic E-state index is 2.44. The summed E-state index contributed by atoms with van der Waals surface area (Å²) in [7, 11) is 0. The van der Waals surface area contributed by atoms with Gasteiger partial charge in [0.05, 0.1) is 4.75 Å². The molecule has 0 N–H and O–H groups in total. The first-order valence-electron chi connectivity index (χ1n) is 8.71. The second-order valence-corrected chi connectivity index (χ2v) is 8.03. The van der Waals surface area contributed by atoms with E-state index in [0.717, 1.165) is 5.92 Å². The van der Waals surface area contributed by atoms with Gasteiger partial charge in [0.25, 0.3) is 0 Å². The van der Waals surface area contributed by atoms with E-state index >= 15 is 0 Å². The third-order valence-corrected chi connectivity index (χ3v) is 6.37. The summed E-state index contributed by atoms with van der Waals surface area (Å²) >= 11 is 2.09. The Hall–Kier alpha value is -1.47. The van der Waals surface area contributed by atoms with Crippen LogP contribution in [0.1, 0.15) is 43.7 Å². The van der Waals surface area contributed by atoms with Crippen molar-refractivity contribution in [1.82, 2.24) is 0 Å². The van der Waals surface area contributed by atoms with Gasteiger partial charge >= 0.3 is 0 Å². The van der Waals surface area contributed by atoms with Gasteiger partial charge in [0.1, 0.15) is 0 Å². The third-order valence-electron chi connectivity index (χ3n) is 4.88. The fourth-order valence-corrected chi connectivity index (χ4v) is 4.82. The van der Waals surface area contributed by atoms with Gasteiger partial charge in [-0.3, -0.25) is 0 Å². The predicted octanol–water partition coefficient (Wildman–Crippen LogP) is 6.43. The minimum atomic E-state index is 0.0287. The van der Waals surface area contributed by atoms with E-state index in [1.807, 2.05) is 0 Å². The molecular weight excluding hydrogens is 296 g/mol. The van der Waals surface area contributed by atoms with E-state index in [2.05, 4.69) is 91.5 Å². The molecule has 3 rings (SSSR count). The Morgan fingerprint density at radius 2 is 1.57 bits per heavy atom. The number of allylic oxidation sites excluding steroid dienone is 2. The lowest BCUT2D eigenvalue weighted by molar-refractivity contribution is 0.529. The molecule has 0 saturated carbocycles. The number of benzene rings is 2. The van der Waals surface area contributed by atoms with E-state index in [0.29, 0.717) is 0 Å². The maximum atomic E-state index is 2.44. The molecule has 0 fully saturated rings. The second kappa shape index (κ2) is 7.88. The molecule has 1 atom stereocenters. The highest BCUT2D eigenvalue weighted by atomic mass is 32.2. The molecule has 0 spiro atoms. The van der Waals surface area contributed by atoms with Crippen molar-refractivity contribution in [2.45, 2.75) is 37.4 Å². The van der Waals surface area contributed by atoms with Crippen molar-refractivity contribution in [2.75, 3.05) is 5.75 Å². The smallest absolute Gasteiger partial charge is 0.0628 e. The van der Waals surface area contributed by atoms with Gasteiger partial charge in [-0.2, -0.15) is 0 Å². The summed E-state index contributed by atoms with van der Waals surface area (Å²) in [6.07, 6.45) is 10.1. The summed E-state index contributed by atoms with van der Waals surface area (Å²) in [5, 5.41) is 0. The van der Waals surface area contributed by atoms with Crippen molar-refractivity contribution in [3.05, 3.63) is 83.9 Å². The van der Waals surface area contributed by atoms with Crippen LogP contribution in [0.3, 0.4) is 0 Å². The van der Waals surface area contributed by atoms with Crippen molar-refractivity contribution >= 4 is 11.8 Å². The van der Waals surface area contributed by atoms with Gasteiger partial charge in [0.2, 0.25) is 0 Å². The van der Waals surface area contributed by atoms with Crippen LogP contribution in [0, 0.1) is 5.92 Å². The van der Waals surface area contributed by atoms with Gasteiger partial charge < -0.3 is 0 Å². The van der Waals surface area contributed by atoms with Crippen LogP contribution in [0.5, 0.6) is 0 Å². The Morgan fingerprint density at radius 3 is 2.09 bits per heavy atom. The molecule has 1 heteroatoms. The highest BCUT2D eigenvalue weighted by molar-refractivity contribution is 8.00. The quantitative estimate of drug-likeness (QED) is 0.552. The van der Waals surface area contributed by atoms with E-state index in [-0.39, 0.29) is 4.75 Å². The molecule has 0 saturated heterocycles. The summed E-state index contributed by atoms with van der Waals surface area (Å²) < 4.78 is 0.0287. The monoisotopic (exact) mass is 322 g/mol. The first-order chi connectivity index (χ1) is 11.3. The first kappa shape index (κ1) is 16.4. The zero-order chi connectivity index (χ0) is 16.0. The van der Waals surface area contributed by atoms with Crippen LogP contribution in [0.25, 0.3) is 0 Å². The number of rotatable bonds is 6. The average molecular weight is 323 g/mol. The number of hydrogen-bond donors (Lipinski definition) is 0. The minimum absolute atomic E-state index is 0.0287. The van der Waals surface area contributed by atoms with Crippen molar-refractivity contribution in [1.29, 1.82) is 0 Å². The largest absolute Gasteiger partial charge is 0.146 e. The van der Waals surface area contributed by atoms with E-state index in [1.54, 1.807) is 0 Å². The Balaban J connectivity index is 1.76. The summed E-state index contributed by atoms with van der Waals surface area (Å²) in [6.45, 7) is 2.37. The molecule has 2 aromatic rings. The molecule has 1 aliphatic rings. The molecule has 0 nitrogen and oxygen atoms in total. The van der Waals surface area contributed by atoms with Crippen LogP contribution >= 0.6 is 11.8 Å². The van der Waals surface area contributed by atoms with Crippen LogP contribution in [0.4, 0.5) is 0 Å². The number of hydrogen-bond acceptors (Lipinski definition) is 1. The van der Waals surface area contributed by atoms with Crippen molar-refractivity contribution < 1.29 is 0 Å². The standard InChI is InChI=1S/C22H26S/c1-22(20-13-7-3-8-14-20,21-15-9-4-10-16-21)23-18-17-19-11-5-2-6-12-19/h3-5,7-11,13-16,19H,2,6,12,17-18H2,1H3. The van der Waals surface area contributed by atoms with Crippen molar-refractivity contribution in [2.24, 2.45) is 5.92 Å². The van der Waals surface area contributed by atoms with Crippen LogP contribution in [0.15, 0.2) is 72.8 Å². The van der Waals surface area contributed by atoms with Crippen LogP contribution in [0.2, 0.25) is 0 Å². The van der Waals surface area contributed by atoms with Crippen molar-refractivity contribution in [3.63, 3.8) is 0 Å². The fraction of sp³-hybridized carbons (Fsp3) is 0.364. The molecule has 1 unspecified atom stereocenters. The van der Waals surface area contributed by atoms with Gasteiger partial charge in [-0.25, -0.2) is 0 Å². The summed E-state index contributed by atoms with van der Waals surface area (Å²) in [4.78, 5) is 0. The van der Waals surface area contributed by atoms with Gasteiger partial charge in [-0.15, -0.1) is 11.8 Å². The molecule has 0 heterocycles. The molecule has 0 radical (unpaired) electrons. The van der Waals surface area contributed by atoms with Crippen LogP contribution in [-0.2, 0) is 4.75 Å². The Morgan fingerprint density at radius 1 is 0.957 bits per heavy atom. The molecule has 23 heavy (non-hydrogen) atoms. The maximum Gasteiger partial charge on any atom is 0.0628 e. The highest BCUT2D eigenvalue weighted by Gasteiger charge is 2.29. The van der Waals surface area contributed by atoms with E-state index in [4.69, 9.17) is 0 Å². The minimum Gasteiger partial charge on any atom is -0.146 e. The molecule has 2 aromatic carbocycles. The first-order valence-corrected chi connectivity index (χ1v) is 9.69. The normalized spacial score (nSPS) is 18.0. The summed E-state index contributed by atoms with van der Waals surface area (Å²) in [6, 6.07) is 21.9. The molecule has 0 aromatic heterocycles. The zero-order valence-corrected chi connectivity index (χ0v) is 14.8. The molecular formula is C22H26S. The van der Waals surface area contributed by atoms with Crippen LogP contribution < -0.4 is 0 Å². The Kier molecular flexibility index (Phi) is 5.61. The average Bonchev–Trinajstić information content (AvgIpc) is 2.64. The van der Waals surface area contributed by atoms with Gasteiger partial charge in [0, 0.05) is 0 Å². The van der Waals surface area contributed by atoms with E-state index in [1.165, 1.54) is 42.6 Å². The Labute approximate surface area is 145 Å². The molecule has 120 valence electrons. The van der Waals surface area contributed by atoms with Gasteiger partial charge in [-0.1, -0.05) is 72.8 Å². The highest BCUT2D eigenvalue weighted by Crippen LogP contribution is 2.43. The van der Waals surface area contributed by atoms with Crippen LogP contribution in [-0.4, -0.2) is 5.75 Å². The third kappa shape index (κ3) is 4.09. The molecule has 0 aliphatic heterocycles. The summed E-state index contributed by atoms with van der Waals surface area (Å²) in [5.41, 5.74) is 2.80. The topological polar surface area (TPSA) is 0 Å². The molecule has 0 bridgehead atoms. The Bertz CT molecular complexity index is 575. The lowest BCUT2D eigenvalue weighted by atomic mass is 9.92. The molecule has 1 aliphatic carbocycles. The molecule has 0 amide bonds. The number of thioether (sulfide) groups is 1. The zero-order valence-electron chi connectivity index (χ0n) is 13.9. The lowest BCUT2D eigenvalue weighted by Gasteiger charge is -2.31. The predicted molar refractivity (Wildman–Crippen MR) is 103 cm³/mol. The van der Waals surface area contributed by atoms with Gasteiger partial charge in [0.15, 0.2) is 0 Å². The van der Waals surface area contributed by atoms with E-state index in [9.17, 15) is 0 Å². The van der Waals surface area contributed by atoms with E-state index < -0.39 is 0 Å². The van der Waals surface area contributed by atoms with Gasteiger partial charge in [-0.05, 0) is 55.4 Å². The SMILES string of the molecule is CC(SCCC1C=CCCC1)(c1ccccc1)c1ccccc1. The van der Waals surface area contributed by atoms with Crippen molar-refractivity contribution in [3.8, 4) is 0 Å².